The summed E-state index contributed by atoms with van der Waals surface area (Å²) in [5, 5.41) is 20.8. The summed E-state index contributed by atoms with van der Waals surface area (Å²) in [7, 11) is 0. The molecule has 2 aliphatic heterocycles. The first-order valence-corrected chi connectivity index (χ1v) is 14.1. The Labute approximate surface area is 206 Å². The number of rotatable bonds is 3. The fourth-order valence-corrected chi connectivity index (χ4v) is 11.6. The number of aliphatic hydroxyl groups is 2. The Kier molecular flexibility index (Phi) is 5.11. The molecule has 1 saturated heterocycles. The van der Waals surface area contributed by atoms with Crippen molar-refractivity contribution in [2.75, 3.05) is 6.61 Å². The van der Waals surface area contributed by atoms with Gasteiger partial charge in [0.05, 0.1) is 28.4 Å². The van der Waals surface area contributed by atoms with E-state index in [0.29, 0.717) is 40.9 Å². The Morgan fingerprint density at radius 1 is 1.21 bits per heavy atom. The van der Waals surface area contributed by atoms with Gasteiger partial charge < -0.3 is 14.9 Å². The predicted octanol–water partition coefficient (Wildman–Crippen LogP) is 4.07. The Hall–Kier alpha value is -1.11. The van der Waals surface area contributed by atoms with Gasteiger partial charge in [-0.1, -0.05) is 32.4 Å². The quantitative estimate of drug-likeness (QED) is 0.462. The van der Waals surface area contributed by atoms with Crippen molar-refractivity contribution in [3.05, 3.63) is 23.3 Å². The van der Waals surface area contributed by atoms with Crippen LogP contribution in [0.2, 0.25) is 0 Å². The van der Waals surface area contributed by atoms with E-state index in [0.717, 1.165) is 31.3 Å². The van der Waals surface area contributed by atoms with Gasteiger partial charge in [-0.15, -0.1) is 11.8 Å². The van der Waals surface area contributed by atoms with Gasteiger partial charge in [0.1, 0.15) is 6.10 Å². The highest BCUT2D eigenvalue weighted by molar-refractivity contribution is 8.08. The van der Waals surface area contributed by atoms with Gasteiger partial charge in [0.2, 0.25) is 0 Å². The highest BCUT2D eigenvalue weighted by Crippen LogP contribution is 2.78. The molecule has 34 heavy (non-hydrogen) atoms. The summed E-state index contributed by atoms with van der Waals surface area (Å²) in [6, 6.07) is 0. The Morgan fingerprint density at radius 3 is 2.68 bits per heavy atom. The zero-order valence-electron chi connectivity index (χ0n) is 20.8. The standard InChI is InChI=1S/C28H38O5S/c1-14-11-21(33-25(32)17(14)13-29)15(2)18-5-6-19-16-12-24-28(34-24)23(31)8-7-22(30)27(28,4)20(16)9-10-26(18,19)3/h7-8,15-16,18-21,23-24,29,31H,5-6,9-13H2,1-4H3/t15-,16-,18+,19-,20-,21?,23-,24-,26+,27-,28-/m0/s1. The summed E-state index contributed by atoms with van der Waals surface area (Å²) in [6.07, 6.45) is 9.04. The van der Waals surface area contributed by atoms with E-state index in [9.17, 15) is 19.8 Å². The molecular formula is C28H38O5S. The number of esters is 1. The summed E-state index contributed by atoms with van der Waals surface area (Å²) in [5.74, 6) is 2.06. The number of hydrogen-bond donors (Lipinski definition) is 2. The van der Waals surface area contributed by atoms with Gasteiger partial charge in [0.15, 0.2) is 5.78 Å². The molecule has 1 spiro atoms. The number of aliphatic hydroxyl groups excluding tert-OH is 2. The minimum absolute atomic E-state index is 0.128. The minimum atomic E-state index is -0.517. The van der Waals surface area contributed by atoms with E-state index < -0.39 is 11.5 Å². The summed E-state index contributed by atoms with van der Waals surface area (Å²) in [4.78, 5) is 25.8. The van der Waals surface area contributed by atoms with Crippen LogP contribution in [0.3, 0.4) is 0 Å². The summed E-state index contributed by atoms with van der Waals surface area (Å²) < 4.78 is 5.56. The van der Waals surface area contributed by atoms with Crippen molar-refractivity contribution in [1.29, 1.82) is 0 Å². The Morgan fingerprint density at radius 2 is 1.97 bits per heavy atom. The third-order valence-corrected chi connectivity index (χ3v) is 13.5. The minimum Gasteiger partial charge on any atom is -0.458 e. The van der Waals surface area contributed by atoms with Crippen molar-refractivity contribution in [3.8, 4) is 0 Å². The van der Waals surface area contributed by atoms with E-state index in [4.69, 9.17) is 4.74 Å². The average Bonchev–Trinajstić information content (AvgIpc) is 3.43. The molecule has 0 aromatic rings. The lowest BCUT2D eigenvalue weighted by Crippen LogP contribution is -2.63. The SMILES string of the molecule is CC1=C(CO)C(=O)OC([C@@H](C)[C@H]2CC[C@H]3[C@@H]4C[C@@H]5S[C@@]56[C@@H](O)C=CC(=O)[C@]6(C)[C@H]4CC[C@]23C)C1. The number of ketones is 1. The monoisotopic (exact) mass is 486 g/mol. The highest BCUT2D eigenvalue weighted by Gasteiger charge is 2.79. The maximum atomic E-state index is 13.4. The van der Waals surface area contributed by atoms with Crippen molar-refractivity contribution in [3.63, 3.8) is 0 Å². The molecule has 3 saturated carbocycles. The smallest absolute Gasteiger partial charge is 0.336 e. The zero-order chi connectivity index (χ0) is 24.2. The lowest BCUT2D eigenvalue weighted by atomic mass is 9.44. The molecule has 2 heterocycles. The summed E-state index contributed by atoms with van der Waals surface area (Å²) in [5.41, 5.74) is 1.10. The number of cyclic esters (lactones) is 1. The number of carbonyl (C=O) groups is 2. The van der Waals surface area contributed by atoms with E-state index in [1.165, 1.54) is 6.42 Å². The Balaban J connectivity index is 1.27. The van der Waals surface area contributed by atoms with E-state index >= 15 is 0 Å². The zero-order valence-corrected chi connectivity index (χ0v) is 21.6. The third-order valence-electron chi connectivity index (χ3n) is 11.6. The molecule has 186 valence electrons. The maximum absolute atomic E-state index is 13.4. The molecule has 0 aromatic carbocycles. The van der Waals surface area contributed by atoms with Gasteiger partial charge in [0.25, 0.3) is 0 Å². The molecule has 6 heteroatoms. The first kappa shape index (κ1) is 23.3. The van der Waals surface area contributed by atoms with Crippen LogP contribution >= 0.6 is 11.8 Å². The molecule has 6 rings (SSSR count). The van der Waals surface area contributed by atoms with Gasteiger partial charge in [-0.25, -0.2) is 4.79 Å². The topological polar surface area (TPSA) is 83.8 Å². The van der Waals surface area contributed by atoms with Gasteiger partial charge in [-0.05, 0) is 80.1 Å². The maximum Gasteiger partial charge on any atom is 0.336 e. The number of thioether (sulfide) groups is 1. The largest absolute Gasteiger partial charge is 0.458 e. The van der Waals surface area contributed by atoms with Crippen LogP contribution < -0.4 is 0 Å². The van der Waals surface area contributed by atoms with E-state index in [-0.39, 0.29) is 40.5 Å². The Bertz CT molecular complexity index is 1000. The van der Waals surface area contributed by atoms with Crippen LogP contribution in [0.25, 0.3) is 0 Å². The number of fused-ring (bicyclic) bond motifs is 4. The van der Waals surface area contributed by atoms with E-state index in [1.807, 2.05) is 18.7 Å². The lowest BCUT2D eigenvalue weighted by Gasteiger charge is -2.59. The third kappa shape index (κ3) is 2.71. The van der Waals surface area contributed by atoms with Crippen LogP contribution in [0, 0.1) is 40.4 Å². The average molecular weight is 487 g/mol. The fourth-order valence-electron chi connectivity index (χ4n) is 9.69. The van der Waals surface area contributed by atoms with Crippen molar-refractivity contribution < 1.29 is 24.5 Å². The first-order chi connectivity index (χ1) is 16.1. The van der Waals surface area contributed by atoms with E-state index in [1.54, 1.807) is 12.2 Å². The van der Waals surface area contributed by atoms with Crippen LogP contribution in [-0.4, -0.2) is 50.8 Å². The molecule has 4 aliphatic carbocycles. The molecule has 5 nitrogen and oxygen atoms in total. The van der Waals surface area contributed by atoms with Gasteiger partial charge in [-0.2, -0.15) is 0 Å². The van der Waals surface area contributed by atoms with Gasteiger partial charge >= 0.3 is 5.97 Å². The molecule has 4 fully saturated rings. The van der Waals surface area contributed by atoms with Crippen LogP contribution in [-0.2, 0) is 14.3 Å². The second-order valence-corrected chi connectivity index (χ2v) is 14.0. The fraction of sp³-hybridized carbons (Fsp3) is 0.786. The van der Waals surface area contributed by atoms with Crippen LogP contribution in [0.5, 0.6) is 0 Å². The molecule has 0 amide bonds. The van der Waals surface area contributed by atoms with Crippen molar-refractivity contribution >= 4 is 23.5 Å². The molecule has 0 radical (unpaired) electrons. The number of ether oxygens (including phenoxy) is 1. The van der Waals surface area contributed by atoms with Crippen molar-refractivity contribution in [1.82, 2.24) is 0 Å². The second-order valence-electron chi connectivity index (χ2n) is 12.5. The second kappa shape index (κ2) is 7.45. The summed E-state index contributed by atoms with van der Waals surface area (Å²) >= 11 is 1.87. The molecule has 1 unspecified atom stereocenters. The van der Waals surface area contributed by atoms with Gasteiger partial charge in [-0.3, -0.25) is 4.79 Å². The normalized spacial score (nSPS) is 52.4. The van der Waals surface area contributed by atoms with Crippen LogP contribution in [0.15, 0.2) is 23.3 Å². The predicted molar refractivity (Wildman–Crippen MR) is 131 cm³/mol. The molecule has 2 N–H and O–H groups in total. The molecule has 0 aromatic heterocycles. The molecular weight excluding hydrogens is 448 g/mol. The highest BCUT2D eigenvalue weighted by atomic mass is 32.2. The van der Waals surface area contributed by atoms with Gasteiger partial charge in [0, 0.05) is 11.7 Å². The number of hydrogen-bond acceptors (Lipinski definition) is 6. The molecule has 11 atom stereocenters. The van der Waals surface area contributed by atoms with Crippen molar-refractivity contribution in [2.24, 2.45) is 40.4 Å². The van der Waals surface area contributed by atoms with Crippen molar-refractivity contribution in [2.45, 2.75) is 88.4 Å². The number of carbonyl (C=O) groups excluding carboxylic acids is 2. The van der Waals surface area contributed by atoms with Crippen LogP contribution in [0.1, 0.15) is 66.2 Å². The van der Waals surface area contributed by atoms with Crippen LogP contribution in [0.4, 0.5) is 0 Å². The lowest BCUT2D eigenvalue weighted by molar-refractivity contribution is -0.154. The van der Waals surface area contributed by atoms with E-state index in [2.05, 4.69) is 20.8 Å². The summed E-state index contributed by atoms with van der Waals surface area (Å²) in [6.45, 7) is 8.59. The first-order valence-electron chi connectivity index (χ1n) is 13.2. The molecule has 0 bridgehead atoms. The molecule has 6 aliphatic rings. The number of allylic oxidation sites excluding steroid dienone is 1.